The lowest BCUT2D eigenvalue weighted by Gasteiger charge is -2.06. The molecule has 0 aliphatic carbocycles. The quantitative estimate of drug-likeness (QED) is 0.878. The number of rotatable bonds is 4. The largest absolute Gasteiger partial charge is 0.377 e. The molecule has 0 amide bonds. The molecular formula is C13H16FN3. The third kappa shape index (κ3) is 2.84. The molecule has 0 aliphatic heterocycles. The number of hydrogen-bond donors (Lipinski definition) is 1. The fourth-order valence-electron chi connectivity index (χ4n) is 1.55. The smallest absolute Gasteiger partial charge is 0.146 e. The SMILES string of the molecule is CC(C)n1ccc(CNc2ccccc2F)n1. The highest BCUT2D eigenvalue weighted by atomic mass is 19.1. The third-order valence-electron chi connectivity index (χ3n) is 2.53. The molecule has 17 heavy (non-hydrogen) atoms. The van der Waals surface area contributed by atoms with Crippen molar-refractivity contribution in [3.63, 3.8) is 0 Å². The minimum Gasteiger partial charge on any atom is -0.377 e. The van der Waals surface area contributed by atoms with Crippen LogP contribution in [0, 0.1) is 5.82 Å². The average molecular weight is 233 g/mol. The molecule has 2 rings (SSSR count). The van der Waals surface area contributed by atoms with Crippen molar-refractivity contribution in [3.8, 4) is 0 Å². The van der Waals surface area contributed by atoms with E-state index in [-0.39, 0.29) is 5.82 Å². The van der Waals surface area contributed by atoms with Gasteiger partial charge in [-0.15, -0.1) is 0 Å². The van der Waals surface area contributed by atoms with Crippen molar-refractivity contribution in [3.05, 3.63) is 48.0 Å². The summed E-state index contributed by atoms with van der Waals surface area (Å²) in [4.78, 5) is 0. The number of halogens is 1. The Bertz CT molecular complexity index is 491. The highest BCUT2D eigenvalue weighted by Crippen LogP contribution is 2.13. The monoisotopic (exact) mass is 233 g/mol. The molecule has 0 saturated carbocycles. The van der Waals surface area contributed by atoms with Crippen molar-refractivity contribution < 1.29 is 4.39 Å². The summed E-state index contributed by atoms with van der Waals surface area (Å²) >= 11 is 0. The first-order valence-electron chi connectivity index (χ1n) is 5.69. The number of para-hydroxylation sites is 1. The van der Waals surface area contributed by atoms with Gasteiger partial charge in [-0.1, -0.05) is 12.1 Å². The number of anilines is 1. The second-order valence-electron chi connectivity index (χ2n) is 4.21. The van der Waals surface area contributed by atoms with E-state index in [0.717, 1.165) is 5.69 Å². The van der Waals surface area contributed by atoms with Gasteiger partial charge in [0.15, 0.2) is 0 Å². The zero-order chi connectivity index (χ0) is 12.3. The van der Waals surface area contributed by atoms with Crippen molar-refractivity contribution in [1.82, 2.24) is 9.78 Å². The molecule has 0 fully saturated rings. The van der Waals surface area contributed by atoms with E-state index in [9.17, 15) is 4.39 Å². The molecule has 0 aliphatic rings. The highest BCUT2D eigenvalue weighted by molar-refractivity contribution is 5.44. The van der Waals surface area contributed by atoms with Gasteiger partial charge in [-0.3, -0.25) is 4.68 Å². The fraction of sp³-hybridized carbons (Fsp3) is 0.308. The first-order valence-corrected chi connectivity index (χ1v) is 5.69. The molecule has 4 heteroatoms. The Morgan fingerprint density at radius 3 is 2.71 bits per heavy atom. The van der Waals surface area contributed by atoms with Crippen LogP contribution in [0.25, 0.3) is 0 Å². The van der Waals surface area contributed by atoms with Gasteiger partial charge < -0.3 is 5.32 Å². The Morgan fingerprint density at radius 1 is 1.29 bits per heavy atom. The summed E-state index contributed by atoms with van der Waals surface area (Å²) in [6, 6.07) is 8.92. The van der Waals surface area contributed by atoms with E-state index in [2.05, 4.69) is 24.3 Å². The first-order chi connectivity index (χ1) is 8.16. The molecule has 1 heterocycles. The van der Waals surface area contributed by atoms with Crippen LogP contribution in [0.5, 0.6) is 0 Å². The summed E-state index contributed by atoms with van der Waals surface area (Å²) in [7, 11) is 0. The lowest BCUT2D eigenvalue weighted by molar-refractivity contribution is 0.527. The fourth-order valence-corrected chi connectivity index (χ4v) is 1.55. The van der Waals surface area contributed by atoms with Crippen molar-refractivity contribution in [2.45, 2.75) is 26.4 Å². The van der Waals surface area contributed by atoms with Crippen LogP contribution in [0.2, 0.25) is 0 Å². The minimum atomic E-state index is -0.240. The molecule has 3 nitrogen and oxygen atoms in total. The van der Waals surface area contributed by atoms with E-state index in [0.29, 0.717) is 18.3 Å². The van der Waals surface area contributed by atoms with E-state index < -0.39 is 0 Å². The van der Waals surface area contributed by atoms with Crippen LogP contribution in [-0.4, -0.2) is 9.78 Å². The maximum atomic E-state index is 13.3. The molecule has 1 N–H and O–H groups in total. The van der Waals surface area contributed by atoms with Crippen molar-refractivity contribution in [2.24, 2.45) is 0 Å². The summed E-state index contributed by atoms with van der Waals surface area (Å²) in [5, 5.41) is 7.42. The molecule has 0 bridgehead atoms. The Hall–Kier alpha value is -1.84. The maximum Gasteiger partial charge on any atom is 0.146 e. The molecule has 2 aromatic rings. The van der Waals surface area contributed by atoms with Gasteiger partial charge in [0.1, 0.15) is 5.82 Å². The Labute approximate surface area is 100 Å². The minimum absolute atomic E-state index is 0.240. The van der Waals surface area contributed by atoms with Crippen LogP contribution in [-0.2, 0) is 6.54 Å². The number of nitrogens with one attached hydrogen (secondary N) is 1. The van der Waals surface area contributed by atoms with Crippen molar-refractivity contribution in [2.75, 3.05) is 5.32 Å². The average Bonchev–Trinajstić information content (AvgIpc) is 2.77. The van der Waals surface area contributed by atoms with Crippen LogP contribution >= 0.6 is 0 Å². The van der Waals surface area contributed by atoms with Crippen molar-refractivity contribution >= 4 is 5.69 Å². The van der Waals surface area contributed by atoms with Gasteiger partial charge in [0, 0.05) is 12.2 Å². The number of nitrogens with zero attached hydrogens (tertiary/aromatic N) is 2. The second-order valence-corrected chi connectivity index (χ2v) is 4.21. The van der Waals surface area contributed by atoms with E-state index in [1.54, 1.807) is 18.2 Å². The van der Waals surface area contributed by atoms with Crippen LogP contribution in [0.4, 0.5) is 10.1 Å². The van der Waals surface area contributed by atoms with E-state index in [4.69, 9.17) is 0 Å². The van der Waals surface area contributed by atoms with Crippen LogP contribution in [0.1, 0.15) is 25.6 Å². The predicted octanol–water partition coefficient (Wildman–Crippen LogP) is 3.22. The second kappa shape index (κ2) is 4.99. The Kier molecular flexibility index (Phi) is 3.42. The lowest BCUT2D eigenvalue weighted by Crippen LogP contribution is -2.05. The van der Waals surface area contributed by atoms with E-state index >= 15 is 0 Å². The number of benzene rings is 1. The standard InChI is InChI=1S/C13H16FN3/c1-10(2)17-8-7-11(16-17)9-15-13-6-4-3-5-12(13)14/h3-8,10,15H,9H2,1-2H3. The summed E-state index contributed by atoms with van der Waals surface area (Å²) in [5.74, 6) is -0.240. The van der Waals surface area contributed by atoms with E-state index in [1.165, 1.54) is 6.07 Å². The van der Waals surface area contributed by atoms with Gasteiger partial charge in [0.2, 0.25) is 0 Å². The summed E-state index contributed by atoms with van der Waals surface area (Å²) in [6.07, 6.45) is 1.93. The zero-order valence-corrected chi connectivity index (χ0v) is 10.0. The number of aromatic nitrogens is 2. The zero-order valence-electron chi connectivity index (χ0n) is 10.0. The molecule has 0 saturated heterocycles. The van der Waals surface area contributed by atoms with E-state index in [1.807, 2.05) is 16.9 Å². The first kappa shape index (κ1) is 11.6. The summed E-state index contributed by atoms with van der Waals surface area (Å²) in [5.41, 5.74) is 1.41. The molecule has 1 aromatic heterocycles. The number of hydrogen-bond acceptors (Lipinski definition) is 2. The molecule has 90 valence electrons. The van der Waals surface area contributed by atoms with Crippen LogP contribution in [0.15, 0.2) is 36.5 Å². The van der Waals surface area contributed by atoms with Gasteiger partial charge in [-0.05, 0) is 32.0 Å². The molecule has 1 aromatic carbocycles. The highest BCUT2D eigenvalue weighted by Gasteiger charge is 2.03. The van der Waals surface area contributed by atoms with Gasteiger partial charge in [-0.2, -0.15) is 5.10 Å². The topological polar surface area (TPSA) is 29.9 Å². The summed E-state index contributed by atoms with van der Waals surface area (Å²) < 4.78 is 15.2. The third-order valence-corrected chi connectivity index (χ3v) is 2.53. The predicted molar refractivity (Wildman–Crippen MR) is 66.3 cm³/mol. The molecule has 0 radical (unpaired) electrons. The summed E-state index contributed by atoms with van der Waals surface area (Å²) in [6.45, 7) is 4.67. The van der Waals surface area contributed by atoms with Crippen LogP contribution < -0.4 is 5.32 Å². The normalized spacial score (nSPS) is 10.8. The molecule has 0 unspecified atom stereocenters. The van der Waals surface area contributed by atoms with Crippen LogP contribution in [0.3, 0.4) is 0 Å². The van der Waals surface area contributed by atoms with Gasteiger partial charge >= 0.3 is 0 Å². The maximum absolute atomic E-state index is 13.3. The molecule has 0 atom stereocenters. The van der Waals surface area contributed by atoms with Gasteiger partial charge in [0.25, 0.3) is 0 Å². The Balaban J connectivity index is 2.00. The molecular weight excluding hydrogens is 217 g/mol. The van der Waals surface area contributed by atoms with Gasteiger partial charge in [-0.25, -0.2) is 4.39 Å². The lowest BCUT2D eigenvalue weighted by atomic mass is 10.3. The molecule has 0 spiro atoms. The van der Waals surface area contributed by atoms with Crippen molar-refractivity contribution in [1.29, 1.82) is 0 Å². The Morgan fingerprint density at radius 2 is 2.06 bits per heavy atom. The van der Waals surface area contributed by atoms with Gasteiger partial charge in [0.05, 0.1) is 17.9 Å².